The first-order valence-corrected chi connectivity index (χ1v) is 10.1. The molecule has 2 aromatic carbocycles. The third-order valence-corrected chi connectivity index (χ3v) is 5.10. The van der Waals surface area contributed by atoms with Crippen LogP contribution in [-0.4, -0.2) is 35.2 Å². The molecule has 6 nitrogen and oxygen atoms in total. The lowest BCUT2D eigenvalue weighted by molar-refractivity contribution is -0.119. The normalized spacial score (nSPS) is 15.8. The van der Waals surface area contributed by atoms with Crippen molar-refractivity contribution in [3.8, 4) is 0 Å². The van der Waals surface area contributed by atoms with Gasteiger partial charge in [0.2, 0.25) is 11.8 Å². The lowest BCUT2D eigenvalue weighted by Gasteiger charge is -2.24. The Morgan fingerprint density at radius 2 is 1.69 bits per heavy atom. The monoisotopic (exact) mass is 433 g/mol. The lowest BCUT2D eigenvalue weighted by atomic mass is 10.1. The predicted molar refractivity (Wildman–Crippen MR) is 115 cm³/mol. The second kappa shape index (κ2) is 9.29. The molecule has 2 aromatic rings. The fraction of sp³-hybridized carbons (Fsp3) is 0.286. The number of carbonyl (C=O) groups excluding carboxylic acids is 3. The van der Waals surface area contributed by atoms with Crippen molar-refractivity contribution < 1.29 is 14.4 Å². The van der Waals surface area contributed by atoms with Gasteiger partial charge in [-0.2, -0.15) is 0 Å². The summed E-state index contributed by atoms with van der Waals surface area (Å²) in [5.74, 6) is -0.667. The number of hydrogen-bond donors (Lipinski definition) is 2. The van der Waals surface area contributed by atoms with Gasteiger partial charge < -0.3 is 15.5 Å². The Labute approximate surface area is 179 Å². The summed E-state index contributed by atoms with van der Waals surface area (Å²) in [4.78, 5) is 38.9. The Hall–Kier alpha value is -2.57. The van der Waals surface area contributed by atoms with Gasteiger partial charge in [0.1, 0.15) is 6.04 Å². The van der Waals surface area contributed by atoms with E-state index in [2.05, 4.69) is 10.6 Å². The fourth-order valence-electron chi connectivity index (χ4n) is 3.28. The molecule has 0 saturated carbocycles. The molecule has 1 fully saturated rings. The SMILES string of the molecule is CCC(=O)Nc1cccc(NC(=O)C2CCCN2C(=O)c2cc(Cl)cc(Cl)c2)c1. The van der Waals surface area contributed by atoms with Gasteiger partial charge in [-0.15, -0.1) is 0 Å². The molecule has 152 valence electrons. The zero-order valence-electron chi connectivity index (χ0n) is 15.9. The van der Waals surface area contributed by atoms with Crippen molar-refractivity contribution in [1.29, 1.82) is 0 Å². The van der Waals surface area contributed by atoms with Crippen LogP contribution in [0.2, 0.25) is 10.0 Å². The summed E-state index contributed by atoms with van der Waals surface area (Å²) < 4.78 is 0. The number of anilines is 2. The Kier molecular flexibility index (Phi) is 6.77. The van der Waals surface area contributed by atoms with Crippen LogP contribution in [-0.2, 0) is 9.59 Å². The molecule has 1 aliphatic rings. The first-order chi connectivity index (χ1) is 13.9. The number of halogens is 2. The van der Waals surface area contributed by atoms with E-state index in [-0.39, 0.29) is 17.7 Å². The van der Waals surface area contributed by atoms with Crippen molar-refractivity contribution in [2.24, 2.45) is 0 Å². The Bertz CT molecular complexity index is 928. The Morgan fingerprint density at radius 1 is 1.03 bits per heavy atom. The highest BCUT2D eigenvalue weighted by atomic mass is 35.5. The summed E-state index contributed by atoms with van der Waals surface area (Å²) in [6, 6.07) is 11.0. The van der Waals surface area contributed by atoms with E-state index in [9.17, 15) is 14.4 Å². The smallest absolute Gasteiger partial charge is 0.254 e. The fourth-order valence-corrected chi connectivity index (χ4v) is 3.80. The molecular weight excluding hydrogens is 413 g/mol. The van der Waals surface area contributed by atoms with Gasteiger partial charge in [-0.05, 0) is 49.2 Å². The van der Waals surface area contributed by atoms with E-state index in [0.717, 1.165) is 6.42 Å². The molecule has 0 bridgehead atoms. The van der Waals surface area contributed by atoms with Gasteiger partial charge in [0.15, 0.2) is 0 Å². The quantitative estimate of drug-likeness (QED) is 0.723. The molecule has 0 aromatic heterocycles. The van der Waals surface area contributed by atoms with Gasteiger partial charge in [-0.1, -0.05) is 36.2 Å². The third kappa shape index (κ3) is 5.28. The third-order valence-electron chi connectivity index (χ3n) is 4.66. The minimum atomic E-state index is -0.589. The number of amides is 3. The van der Waals surface area contributed by atoms with Gasteiger partial charge >= 0.3 is 0 Å². The summed E-state index contributed by atoms with van der Waals surface area (Å²) in [5, 5.41) is 6.33. The molecule has 3 amide bonds. The van der Waals surface area contributed by atoms with Crippen molar-refractivity contribution in [3.63, 3.8) is 0 Å². The largest absolute Gasteiger partial charge is 0.327 e. The summed E-state index contributed by atoms with van der Waals surface area (Å²) in [5.41, 5.74) is 1.50. The van der Waals surface area contributed by atoms with Crippen molar-refractivity contribution >= 4 is 52.3 Å². The summed E-state index contributed by atoms with van der Waals surface area (Å²) >= 11 is 12.0. The zero-order valence-corrected chi connectivity index (χ0v) is 17.4. The molecular formula is C21H21Cl2N3O3. The highest BCUT2D eigenvalue weighted by Crippen LogP contribution is 2.25. The van der Waals surface area contributed by atoms with Gasteiger partial charge in [0.25, 0.3) is 5.91 Å². The van der Waals surface area contributed by atoms with Crippen LogP contribution in [0.1, 0.15) is 36.5 Å². The van der Waals surface area contributed by atoms with Gasteiger partial charge in [-0.25, -0.2) is 0 Å². The standard InChI is InChI=1S/C21H21Cl2N3O3/c1-2-19(27)24-16-5-3-6-17(12-16)25-20(28)18-7-4-8-26(18)21(29)13-9-14(22)11-15(23)10-13/h3,5-6,9-12,18H,2,4,7-8H2,1H3,(H,24,27)(H,25,28). The minimum Gasteiger partial charge on any atom is -0.327 e. The van der Waals surface area contributed by atoms with E-state index in [1.807, 2.05) is 0 Å². The van der Waals surface area contributed by atoms with Crippen molar-refractivity contribution in [1.82, 2.24) is 4.90 Å². The minimum absolute atomic E-state index is 0.110. The molecule has 1 aliphatic heterocycles. The molecule has 8 heteroatoms. The lowest BCUT2D eigenvalue weighted by Crippen LogP contribution is -2.43. The molecule has 0 radical (unpaired) electrons. The van der Waals surface area contributed by atoms with E-state index < -0.39 is 6.04 Å². The van der Waals surface area contributed by atoms with E-state index in [4.69, 9.17) is 23.2 Å². The first-order valence-electron chi connectivity index (χ1n) is 9.35. The maximum atomic E-state index is 12.9. The molecule has 0 aliphatic carbocycles. The number of rotatable bonds is 5. The van der Waals surface area contributed by atoms with Gasteiger partial charge in [0, 0.05) is 39.9 Å². The summed E-state index contributed by atoms with van der Waals surface area (Å²) in [6.45, 7) is 2.24. The van der Waals surface area contributed by atoms with Crippen LogP contribution >= 0.6 is 23.2 Å². The number of carbonyl (C=O) groups is 3. The van der Waals surface area contributed by atoms with Crippen molar-refractivity contribution in [2.75, 3.05) is 17.2 Å². The van der Waals surface area contributed by atoms with Gasteiger partial charge in [-0.3, -0.25) is 14.4 Å². The molecule has 3 rings (SSSR count). The van der Waals surface area contributed by atoms with Crippen LogP contribution < -0.4 is 10.6 Å². The predicted octanol–water partition coefficient (Wildman–Crippen LogP) is 4.59. The van der Waals surface area contributed by atoms with Crippen LogP contribution in [0.15, 0.2) is 42.5 Å². The average Bonchev–Trinajstić information content (AvgIpc) is 3.16. The second-order valence-electron chi connectivity index (χ2n) is 6.79. The van der Waals surface area contributed by atoms with Crippen LogP contribution in [0.25, 0.3) is 0 Å². The Morgan fingerprint density at radius 3 is 2.34 bits per heavy atom. The Balaban J connectivity index is 1.72. The molecule has 1 saturated heterocycles. The second-order valence-corrected chi connectivity index (χ2v) is 7.66. The van der Waals surface area contributed by atoms with Crippen LogP contribution in [0.5, 0.6) is 0 Å². The van der Waals surface area contributed by atoms with Crippen molar-refractivity contribution in [3.05, 3.63) is 58.1 Å². The van der Waals surface area contributed by atoms with E-state index in [1.165, 1.54) is 0 Å². The summed E-state index contributed by atoms with van der Waals surface area (Å²) in [6.07, 6.45) is 1.66. The van der Waals surface area contributed by atoms with Gasteiger partial charge in [0.05, 0.1) is 0 Å². The first kappa shape index (κ1) is 21.1. The number of likely N-dealkylation sites (tertiary alicyclic amines) is 1. The summed E-state index contributed by atoms with van der Waals surface area (Å²) in [7, 11) is 0. The number of nitrogens with one attached hydrogen (secondary N) is 2. The van der Waals surface area contributed by atoms with Crippen molar-refractivity contribution in [2.45, 2.75) is 32.2 Å². The zero-order chi connectivity index (χ0) is 21.0. The maximum absolute atomic E-state index is 12.9. The van der Waals surface area contributed by atoms with E-state index in [0.29, 0.717) is 46.4 Å². The van der Waals surface area contributed by atoms with E-state index >= 15 is 0 Å². The van der Waals surface area contributed by atoms with Crippen LogP contribution in [0.3, 0.4) is 0 Å². The number of hydrogen-bond acceptors (Lipinski definition) is 3. The maximum Gasteiger partial charge on any atom is 0.254 e. The molecule has 2 N–H and O–H groups in total. The molecule has 1 heterocycles. The number of benzene rings is 2. The number of nitrogens with zero attached hydrogens (tertiary/aromatic N) is 1. The van der Waals surface area contributed by atoms with Crippen LogP contribution in [0.4, 0.5) is 11.4 Å². The van der Waals surface area contributed by atoms with E-state index in [1.54, 1.807) is 54.3 Å². The highest BCUT2D eigenvalue weighted by Gasteiger charge is 2.34. The van der Waals surface area contributed by atoms with Crippen LogP contribution in [0, 0.1) is 0 Å². The molecule has 29 heavy (non-hydrogen) atoms. The average molecular weight is 434 g/mol. The highest BCUT2D eigenvalue weighted by molar-refractivity contribution is 6.35. The molecule has 0 spiro atoms. The topological polar surface area (TPSA) is 78.5 Å². The molecule has 1 atom stereocenters. The molecule has 1 unspecified atom stereocenters.